The third kappa shape index (κ3) is 3.43. The molecule has 0 aromatic heterocycles. The highest BCUT2D eigenvalue weighted by Crippen LogP contribution is 1.83. The predicted molar refractivity (Wildman–Crippen MR) is 35.1 cm³/mol. The second kappa shape index (κ2) is 4.31. The van der Waals surface area contributed by atoms with E-state index in [2.05, 4.69) is 0 Å². The molecule has 0 heterocycles. The van der Waals surface area contributed by atoms with Crippen LogP contribution < -0.4 is 5.73 Å². The van der Waals surface area contributed by atoms with Crippen molar-refractivity contribution < 1.29 is 14.7 Å². The summed E-state index contributed by atoms with van der Waals surface area (Å²) in [6, 6.07) is 0. The number of carbonyl (C=O) groups excluding carboxylic acids is 1. The summed E-state index contributed by atoms with van der Waals surface area (Å²) in [6.45, 7) is 0. The lowest BCUT2D eigenvalue weighted by Gasteiger charge is -1.86. The zero-order chi connectivity index (χ0) is 7.98. The van der Waals surface area contributed by atoms with Crippen molar-refractivity contribution in [1.82, 2.24) is 0 Å². The summed E-state index contributed by atoms with van der Waals surface area (Å²) in [7, 11) is 0. The van der Waals surface area contributed by atoms with Crippen LogP contribution in [0.3, 0.4) is 0 Å². The molecule has 0 unspecified atom stereocenters. The van der Waals surface area contributed by atoms with Gasteiger partial charge in [-0.1, -0.05) is 6.08 Å². The lowest BCUT2D eigenvalue weighted by atomic mass is 10.4. The first-order valence-corrected chi connectivity index (χ1v) is 2.49. The largest absolute Gasteiger partial charge is 0.477 e. The highest BCUT2D eigenvalue weighted by Gasteiger charge is 1.95. The molecule has 3 N–H and O–H groups in total. The number of hydrogen-bond acceptors (Lipinski definition) is 3. The normalized spacial score (nSPS) is 11.8. The number of carboxylic acid groups (broad SMARTS) is 1. The van der Waals surface area contributed by atoms with Crippen molar-refractivity contribution in [3.05, 3.63) is 23.9 Å². The van der Waals surface area contributed by atoms with Crippen LogP contribution in [-0.2, 0) is 9.59 Å². The zero-order valence-electron chi connectivity index (χ0n) is 5.15. The minimum atomic E-state index is -1.20. The summed E-state index contributed by atoms with van der Waals surface area (Å²) >= 11 is 0. The Morgan fingerprint density at radius 3 is 2.40 bits per heavy atom. The summed E-state index contributed by atoms with van der Waals surface area (Å²) in [6.07, 6.45) is 4.08. The third-order valence-corrected chi connectivity index (χ3v) is 0.712. The fourth-order valence-electron chi connectivity index (χ4n) is 0.276. The molecule has 0 saturated carbocycles. The molecule has 0 aromatic carbocycles. The maximum absolute atomic E-state index is 9.98. The number of nitrogens with two attached hydrogens (primary N) is 1. The van der Waals surface area contributed by atoms with Crippen molar-refractivity contribution in [2.24, 2.45) is 5.73 Å². The highest BCUT2D eigenvalue weighted by molar-refractivity contribution is 5.85. The quantitative estimate of drug-likeness (QED) is 0.320. The summed E-state index contributed by atoms with van der Waals surface area (Å²) in [5.41, 5.74) is 4.66. The number of aldehydes is 1. The first-order valence-electron chi connectivity index (χ1n) is 2.49. The molecule has 0 saturated heterocycles. The van der Waals surface area contributed by atoms with Gasteiger partial charge in [0.05, 0.1) is 0 Å². The lowest BCUT2D eigenvalue weighted by molar-refractivity contribution is -0.132. The van der Waals surface area contributed by atoms with Gasteiger partial charge in [-0.3, -0.25) is 4.79 Å². The molecule has 4 nitrogen and oxygen atoms in total. The van der Waals surface area contributed by atoms with Crippen LogP contribution in [0.5, 0.6) is 0 Å². The molecule has 10 heavy (non-hydrogen) atoms. The summed E-state index contributed by atoms with van der Waals surface area (Å²) in [5, 5.41) is 8.17. The summed E-state index contributed by atoms with van der Waals surface area (Å²) in [5.74, 6) is -1.20. The maximum atomic E-state index is 9.98. The van der Waals surface area contributed by atoms with Gasteiger partial charge in [0, 0.05) is 0 Å². The molecule has 4 heteroatoms. The zero-order valence-corrected chi connectivity index (χ0v) is 5.15. The second-order valence-electron chi connectivity index (χ2n) is 1.45. The van der Waals surface area contributed by atoms with Gasteiger partial charge < -0.3 is 10.8 Å². The minimum Gasteiger partial charge on any atom is -0.477 e. The molecule has 0 bridgehead atoms. The molecule has 54 valence electrons. The molecule has 0 atom stereocenters. The van der Waals surface area contributed by atoms with E-state index in [9.17, 15) is 9.59 Å². The Labute approximate surface area is 57.6 Å². The van der Waals surface area contributed by atoms with Gasteiger partial charge in [-0.25, -0.2) is 4.79 Å². The summed E-state index contributed by atoms with van der Waals surface area (Å²) < 4.78 is 0. The van der Waals surface area contributed by atoms with Crippen LogP contribution in [0.15, 0.2) is 23.9 Å². The number of carboxylic acids is 1. The monoisotopic (exact) mass is 141 g/mol. The van der Waals surface area contributed by atoms with Gasteiger partial charge in [-0.2, -0.15) is 0 Å². The van der Waals surface area contributed by atoms with Gasteiger partial charge in [0.1, 0.15) is 12.0 Å². The van der Waals surface area contributed by atoms with Gasteiger partial charge in [-0.05, 0) is 12.2 Å². The molecule has 0 aliphatic rings. The van der Waals surface area contributed by atoms with Crippen LogP contribution in [-0.4, -0.2) is 17.4 Å². The molecule has 0 fully saturated rings. The lowest BCUT2D eigenvalue weighted by Crippen LogP contribution is -2.08. The molecular formula is C6H7NO3. The first-order chi connectivity index (χ1) is 4.68. The van der Waals surface area contributed by atoms with Crippen molar-refractivity contribution >= 4 is 12.3 Å². The predicted octanol–water partition coefficient (Wildman–Crippen LogP) is -0.331. The van der Waals surface area contributed by atoms with E-state index in [0.717, 1.165) is 12.2 Å². The van der Waals surface area contributed by atoms with Crippen LogP contribution >= 0.6 is 0 Å². The van der Waals surface area contributed by atoms with Crippen molar-refractivity contribution in [2.75, 3.05) is 0 Å². The van der Waals surface area contributed by atoms with E-state index in [1.54, 1.807) is 0 Å². The maximum Gasteiger partial charge on any atom is 0.351 e. The van der Waals surface area contributed by atoms with E-state index in [4.69, 9.17) is 10.8 Å². The topological polar surface area (TPSA) is 80.4 Å². The van der Waals surface area contributed by atoms with Gasteiger partial charge in [0.25, 0.3) is 0 Å². The smallest absolute Gasteiger partial charge is 0.351 e. The molecule has 0 radical (unpaired) electrons. The second-order valence-corrected chi connectivity index (χ2v) is 1.45. The fraction of sp³-hybridized carbons (Fsp3) is 0. The Kier molecular flexibility index (Phi) is 3.63. The average Bonchev–Trinajstić information content (AvgIpc) is 1.88. The van der Waals surface area contributed by atoms with E-state index >= 15 is 0 Å². The molecule has 0 amide bonds. The Bertz CT molecular complexity index is 193. The van der Waals surface area contributed by atoms with Crippen LogP contribution in [0, 0.1) is 0 Å². The average molecular weight is 141 g/mol. The van der Waals surface area contributed by atoms with Gasteiger partial charge in [0.2, 0.25) is 0 Å². The SMILES string of the molecule is N/C(=C\C=C\C=O)C(=O)O. The Morgan fingerprint density at radius 2 is 2.00 bits per heavy atom. The van der Waals surface area contributed by atoms with Crippen molar-refractivity contribution in [1.29, 1.82) is 0 Å². The number of carbonyl (C=O) groups is 2. The van der Waals surface area contributed by atoms with Crippen LogP contribution in [0.2, 0.25) is 0 Å². The number of rotatable bonds is 3. The molecule has 0 aliphatic carbocycles. The molecule has 0 aromatic rings. The van der Waals surface area contributed by atoms with E-state index in [0.29, 0.717) is 6.29 Å². The van der Waals surface area contributed by atoms with Crippen LogP contribution in [0.1, 0.15) is 0 Å². The first kappa shape index (κ1) is 8.42. The van der Waals surface area contributed by atoms with E-state index < -0.39 is 5.97 Å². The molecular weight excluding hydrogens is 134 g/mol. The van der Waals surface area contributed by atoms with Crippen molar-refractivity contribution in [3.8, 4) is 0 Å². The Morgan fingerprint density at radius 1 is 1.40 bits per heavy atom. The summed E-state index contributed by atoms with van der Waals surface area (Å²) in [4.78, 5) is 19.6. The van der Waals surface area contributed by atoms with Crippen LogP contribution in [0.4, 0.5) is 0 Å². The molecule has 0 aliphatic heterocycles. The van der Waals surface area contributed by atoms with Gasteiger partial charge in [-0.15, -0.1) is 0 Å². The molecule has 0 rings (SSSR count). The highest BCUT2D eigenvalue weighted by atomic mass is 16.4. The van der Waals surface area contributed by atoms with Gasteiger partial charge in [0.15, 0.2) is 0 Å². The standard InChI is InChI=1S/C6H7NO3/c7-5(6(9)10)3-1-2-4-8/h1-4H,7H2,(H,9,10)/b2-1+,5-3-. The number of aliphatic carboxylic acids is 1. The van der Waals surface area contributed by atoms with Gasteiger partial charge >= 0.3 is 5.97 Å². The van der Waals surface area contributed by atoms with Crippen LogP contribution in [0.25, 0.3) is 0 Å². The van der Waals surface area contributed by atoms with E-state index in [1.165, 1.54) is 6.08 Å². The van der Waals surface area contributed by atoms with Crippen molar-refractivity contribution in [2.45, 2.75) is 0 Å². The van der Waals surface area contributed by atoms with Crippen molar-refractivity contribution in [3.63, 3.8) is 0 Å². The minimum absolute atomic E-state index is 0.293. The Hall–Kier alpha value is -1.58. The number of hydrogen-bond donors (Lipinski definition) is 2. The van der Waals surface area contributed by atoms with E-state index in [-0.39, 0.29) is 5.70 Å². The van der Waals surface area contributed by atoms with E-state index in [1.807, 2.05) is 0 Å². The Balaban J connectivity index is 4.04. The molecule has 0 spiro atoms. The number of allylic oxidation sites excluding steroid dienone is 3. The fourth-order valence-corrected chi connectivity index (χ4v) is 0.276. The third-order valence-electron chi connectivity index (χ3n) is 0.712.